The molecule has 0 aliphatic heterocycles. The van der Waals surface area contributed by atoms with Crippen LogP contribution in [-0.2, 0) is 0 Å². The molecule has 0 saturated heterocycles. The van der Waals surface area contributed by atoms with Gasteiger partial charge in [0.25, 0.3) is 0 Å². The average Bonchev–Trinajstić information content (AvgIpc) is 2.19. The van der Waals surface area contributed by atoms with Crippen molar-refractivity contribution in [1.82, 2.24) is 4.90 Å². The maximum Gasteiger partial charge on any atom is 0.0246 e. The van der Waals surface area contributed by atoms with Gasteiger partial charge in [-0.15, -0.1) is 0 Å². The third kappa shape index (κ3) is 3.46. The van der Waals surface area contributed by atoms with E-state index in [1.165, 1.54) is 32.2 Å². The highest BCUT2D eigenvalue weighted by atomic mass is 15.2. The van der Waals surface area contributed by atoms with Crippen molar-refractivity contribution in [2.24, 2.45) is 17.6 Å². The number of nitrogens with two attached hydrogens (primary N) is 1. The molecule has 0 radical (unpaired) electrons. The Bertz CT molecular complexity index is 166. The molecule has 1 aliphatic carbocycles. The lowest BCUT2D eigenvalue weighted by molar-refractivity contribution is 0.0919. The number of likely N-dealkylation sites (N-methyl/N-ethyl adjacent to an activating group) is 1. The van der Waals surface area contributed by atoms with Gasteiger partial charge in [-0.2, -0.15) is 0 Å². The van der Waals surface area contributed by atoms with Crippen molar-refractivity contribution >= 4 is 0 Å². The molecule has 1 saturated carbocycles. The van der Waals surface area contributed by atoms with E-state index >= 15 is 0 Å². The van der Waals surface area contributed by atoms with Crippen LogP contribution in [0.1, 0.15) is 46.5 Å². The largest absolute Gasteiger partial charge is 0.329 e. The smallest absolute Gasteiger partial charge is 0.0246 e. The molecule has 2 heteroatoms. The lowest BCUT2D eigenvalue weighted by Gasteiger charge is -2.41. The van der Waals surface area contributed by atoms with E-state index in [-0.39, 0.29) is 0 Å². The highest BCUT2D eigenvalue weighted by molar-refractivity contribution is 4.85. The van der Waals surface area contributed by atoms with E-state index in [9.17, 15) is 0 Å². The second-order valence-electron chi connectivity index (χ2n) is 5.10. The SMILES string of the molecule is CCC(C)CN(CC)C(CN)C1CCC1. The molecule has 0 bridgehead atoms. The van der Waals surface area contributed by atoms with E-state index in [1.54, 1.807) is 0 Å². The summed E-state index contributed by atoms with van der Waals surface area (Å²) in [6.07, 6.45) is 5.50. The molecule has 0 amide bonds. The van der Waals surface area contributed by atoms with E-state index in [1.807, 2.05) is 0 Å². The molecule has 1 aliphatic rings. The van der Waals surface area contributed by atoms with Gasteiger partial charge in [0, 0.05) is 19.1 Å². The zero-order chi connectivity index (χ0) is 11.3. The van der Waals surface area contributed by atoms with Gasteiger partial charge in [0.05, 0.1) is 0 Å². The Morgan fingerprint density at radius 2 is 2.00 bits per heavy atom. The molecule has 0 aromatic heterocycles. The lowest BCUT2D eigenvalue weighted by Crippen LogP contribution is -2.49. The topological polar surface area (TPSA) is 29.3 Å². The van der Waals surface area contributed by atoms with Crippen LogP contribution in [0.2, 0.25) is 0 Å². The molecule has 2 atom stereocenters. The van der Waals surface area contributed by atoms with Crippen LogP contribution in [-0.4, -0.2) is 30.6 Å². The Labute approximate surface area is 95.2 Å². The maximum atomic E-state index is 5.94. The number of nitrogens with zero attached hydrogens (tertiary/aromatic N) is 1. The van der Waals surface area contributed by atoms with Crippen molar-refractivity contribution in [3.63, 3.8) is 0 Å². The summed E-state index contributed by atoms with van der Waals surface area (Å²) in [5.74, 6) is 1.69. The van der Waals surface area contributed by atoms with Gasteiger partial charge in [0.15, 0.2) is 0 Å². The van der Waals surface area contributed by atoms with Crippen molar-refractivity contribution in [2.75, 3.05) is 19.6 Å². The quantitative estimate of drug-likeness (QED) is 0.702. The molecule has 90 valence electrons. The van der Waals surface area contributed by atoms with Crippen molar-refractivity contribution in [3.8, 4) is 0 Å². The Hall–Kier alpha value is -0.0800. The second kappa shape index (κ2) is 6.49. The van der Waals surface area contributed by atoms with Crippen molar-refractivity contribution in [2.45, 2.75) is 52.5 Å². The second-order valence-corrected chi connectivity index (χ2v) is 5.10. The highest BCUT2D eigenvalue weighted by Crippen LogP contribution is 2.32. The van der Waals surface area contributed by atoms with Crippen LogP contribution in [0.15, 0.2) is 0 Å². The number of hydrogen-bond acceptors (Lipinski definition) is 2. The third-order valence-corrected chi connectivity index (χ3v) is 4.05. The first kappa shape index (κ1) is 13.0. The Morgan fingerprint density at radius 3 is 2.33 bits per heavy atom. The predicted octanol–water partition coefficient (Wildman–Crippen LogP) is 2.48. The fourth-order valence-electron chi connectivity index (χ4n) is 2.49. The van der Waals surface area contributed by atoms with Gasteiger partial charge in [0.1, 0.15) is 0 Å². The first-order valence-electron chi connectivity index (χ1n) is 6.67. The Balaban J connectivity index is 2.45. The lowest BCUT2D eigenvalue weighted by atomic mass is 9.79. The Morgan fingerprint density at radius 1 is 1.33 bits per heavy atom. The fraction of sp³-hybridized carbons (Fsp3) is 1.00. The van der Waals surface area contributed by atoms with Crippen molar-refractivity contribution in [1.29, 1.82) is 0 Å². The minimum absolute atomic E-state index is 0.651. The Kier molecular flexibility index (Phi) is 5.62. The van der Waals surface area contributed by atoms with Crippen LogP contribution in [0, 0.1) is 11.8 Å². The fourth-order valence-corrected chi connectivity index (χ4v) is 2.49. The standard InChI is InChI=1S/C13H28N2/c1-4-11(3)10-15(5-2)13(9-14)12-7-6-8-12/h11-13H,4-10,14H2,1-3H3. The van der Waals surface area contributed by atoms with Crippen LogP contribution in [0.25, 0.3) is 0 Å². The molecule has 2 unspecified atom stereocenters. The van der Waals surface area contributed by atoms with Crippen LogP contribution >= 0.6 is 0 Å². The molecule has 1 fully saturated rings. The minimum atomic E-state index is 0.651. The molecule has 1 rings (SSSR count). The van der Waals surface area contributed by atoms with Gasteiger partial charge in [-0.25, -0.2) is 0 Å². The normalized spacial score (nSPS) is 21.4. The van der Waals surface area contributed by atoms with Gasteiger partial charge in [-0.05, 0) is 31.2 Å². The van der Waals surface area contributed by atoms with Gasteiger partial charge < -0.3 is 5.73 Å². The monoisotopic (exact) mass is 212 g/mol. The molecular weight excluding hydrogens is 184 g/mol. The predicted molar refractivity (Wildman–Crippen MR) is 66.9 cm³/mol. The summed E-state index contributed by atoms with van der Waals surface area (Å²) in [5.41, 5.74) is 5.94. The van der Waals surface area contributed by atoms with Crippen molar-refractivity contribution in [3.05, 3.63) is 0 Å². The summed E-state index contributed by atoms with van der Waals surface area (Å²) < 4.78 is 0. The average molecular weight is 212 g/mol. The number of rotatable bonds is 7. The molecule has 2 nitrogen and oxygen atoms in total. The van der Waals surface area contributed by atoms with Crippen LogP contribution in [0.5, 0.6) is 0 Å². The summed E-state index contributed by atoms with van der Waals surface area (Å²) in [5, 5.41) is 0. The zero-order valence-corrected chi connectivity index (χ0v) is 10.7. The van der Waals surface area contributed by atoms with Crippen LogP contribution < -0.4 is 5.73 Å². The third-order valence-electron chi connectivity index (χ3n) is 4.05. The minimum Gasteiger partial charge on any atom is -0.329 e. The summed E-state index contributed by atoms with van der Waals surface area (Å²) in [7, 11) is 0. The van der Waals surface area contributed by atoms with E-state index in [0.29, 0.717) is 6.04 Å². The summed E-state index contributed by atoms with van der Waals surface area (Å²) in [4.78, 5) is 2.61. The molecule has 0 spiro atoms. The zero-order valence-electron chi connectivity index (χ0n) is 10.7. The summed E-state index contributed by atoms with van der Waals surface area (Å²) in [6.45, 7) is 10.1. The van der Waals surface area contributed by atoms with Gasteiger partial charge >= 0.3 is 0 Å². The van der Waals surface area contributed by atoms with E-state index in [4.69, 9.17) is 5.73 Å². The first-order valence-corrected chi connectivity index (χ1v) is 6.67. The molecule has 0 aromatic carbocycles. The van der Waals surface area contributed by atoms with E-state index in [2.05, 4.69) is 25.7 Å². The highest BCUT2D eigenvalue weighted by Gasteiger charge is 2.30. The van der Waals surface area contributed by atoms with Crippen molar-refractivity contribution < 1.29 is 0 Å². The molecule has 2 N–H and O–H groups in total. The molecule has 0 heterocycles. The summed E-state index contributed by atoms with van der Waals surface area (Å²) in [6, 6.07) is 0.651. The molecular formula is C13H28N2. The van der Waals surface area contributed by atoms with Gasteiger partial charge in [0.2, 0.25) is 0 Å². The van der Waals surface area contributed by atoms with E-state index in [0.717, 1.165) is 24.9 Å². The summed E-state index contributed by atoms with van der Waals surface area (Å²) >= 11 is 0. The molecule has 15 heavy (non-hydrogen) atoms. The van der Waals surface area contributed by atoms with Crippen LogP contribution in [0.3, 0.4) is 0 Å². The van der Waals surface area contributed by atoms with Gasteiger partial charge in [-0.3, -0.25) is 4.90 Å². The van der Waals surface area contributed by atoms with Gasteiger partial charge in [-0.1, -0.05) is 33.6 Å². The van der Waals surface area contributed by atoms with Crippen LogP contribution in [0.4, 0.5) is 0 Å². The maximum absolute atomic E-state index is 5.94. The molecule has 0 aromatic rings. The first-order chi connectivity index (χ1) is 7.22. The van der Waals surface area contributed by atoms with E-state index < -0.39 is 0 Å². The number of hydrogen-bond donors (Lipinski definition) is 1.